The van der Waals surface area contributed by atoms with Crippen molar-refractivity contribution in [2.24, 2.45) is 11.8 Å². The highest BCUT2D eigenvalue weighted by molar-refractivity contribution is 5.92. The zero-order valence-corrected chi connectivity index (χ0v) is 27.2. The van der Waals surface area contributed by atoms with Crippen LogP contribution in [-0.2, 0) is 32.0 Å². The number of hydrogen-bond donors (Lipinski definition) is 6. The maximum Gasteiger partial charge on any atom is 0.408 e. The molecule has 1 fully saturated rings. The van der Waals surface area contributed by atoms with E-state index in [1.807, 2.05) is 30.3 Å². The third-order valence-corrected chi connectivity index (χ3v) is 8.74. The Morgan fingerprint density at radius 2 is 1.58 bits per heavy atom. The number of carboxylic acid groups (broad SMARTS) is 1. The molecular weight excluding hydrogens is 578 g/mol. The number of ether oxygens (including phenoxy) is 1. The lowest BCUT2D eigenvalue weighted by Gasteiger charge is -2.50. The summed E-state index contributed by atoms with van der Waals surface area (Å²) in [5, 5.41) is 30.6. The van der Waals surface area contributed by atoms with Crippen LogP contribution in [0.3, 0.4) is 0 Å². The molecule has 2 aromatic rings. The number of nitrogens with zero attached hydrogens (tertiary/aromatic N) is 1. The Balaban J connectivity index is 1.93. The first-order valence-electron chi connectivity index (χ1n) is 15.7. The van der Waals surface area contributed by atoms with Crippen LogP contribution in [0.1, 0.15) is 84.9 Å². The van der Waals surface area contributed by atoms with Crippen molar-refractivity contribution in [3.63, 3.8) is 0 Å². The van der Waals surface area contributed by atoms with Crippen LogP contribution in [0, 0.1) is 11.8 Å². The molecule has 1 aromatic carbocycles. The summed E-state index contributed by atoms with van der Waals surface area (Å²) in [6.45, 7) is 10.2. The molecule has 12 nitrogen and oxygen atoms in total. The topological polar surface area (TPSA) is 183 Å². The average Bonchev–Trinajstić information content (AvgIpc) is 3.49. The second-order valence-corrected chi connectivity index (χ2v) is 13.5. The normalized spacial score (nSPS) is 18.1. The van der Waals surface area contributed by atoms with Crippen molar-refractivity contribution in [3.05, 3.63) is 54.1 Å². The standard InChI is InChI=1S/C33H49N5O7/c1-21(2)32(6,33(44,29(41)42)23-15-11-8-12-16-23)38-28(40)26(18-24-19-34-20-35-24)36-27(39)25(17-22-13-9-7-10-14-22)37-30(43)45-31(3,4)5/h7,9-10,13-14,19-21,23,25-26,44H,8,11-12,15-18H2,1-6H3,(H,34,35)(H,36,39)(H,37,43)(H,38,40)(H,41,42)/t25-,26-,32-,33?/m0/s1. The molecule has 3 rings (SSSR count). The van der Waals surface area contributed by atoms with Gasteiger partial charge in [0.15, 0.2) is 5.60 Å². The van der Waals surface area contributed by atoms with Gasteiger partial charge in [-0.25, -0.2) is 14.6 Å². The number of benzene rings is 1. The molecule has 1 aliphatic rings. The van der Waals surface area contributed by atoms with Gasteiger partial charge < -0.3 is 35.9 Å². The lowest BCUT2D eigenvalue weighted by molar-refractivity contribution is -0.185. The number of aliphatic carboxylic acids is 1. The Morgan fingerprint density at radius 1 is 0.956 bits per heavy atom. The van der Waals surface area contributed by atoms with Crippen LogP contribution >= 0.6 is 0 Å². The van der Waals surface area contributed by atoms with Gasteiger partial charge in [-0.1, -0.05) is 63.4 Å². The van der Waals surface area contributed by atoms with Gasteiger partial charge in [-0.15, -0.1) is 0 Å². The predicted molar refractivity (Wildman–Crippen MR) is 168 cm³/mol. The lowest BCUT2D eigenvalue weighted by Crippen LogP contribution is -2.73. The number of H-pyrrole nitrogens is 1. The predicted octanol–water partition coefficient (Wildman–Crippen LogP) is 3.50. The summed E-state index contributed by atoms with van der Waals surface area (Å²) >= 11 is 0. The molecule has 0 radical (unpaired) electrons. The zero-order chi connectivity index (χ0) is 33.4. The Morgan fingerprint density at radius 3 is 2.11 bits per heavy atom. The fourth-order valence-corrected chi connectivity index (χ4v) is 5.97. The number of hydrogen-bond acceptors (Lipinski definition) is 7. The Labute approximate surface area is 265 Å². The van der Waals surface area contributed by atoms with Gasteiger partial charge in [-0.05, 0) is 52.0 Å². The molecular formula is C33H49N5O7. The van der Waals surface area contributed by atoms with E-state index in [0.717, 1.165) is 24.8 Å². The summed E-state index contributed by atoms with van der Waals surface area (Å²) in [5.41, 5.74) is -3.41. The number of carboxylic acids is 1. The van der Waals surface area contributed by atoms with E-state index in [-0.39, 0.29) is 12.8 Å². The van der Waals surface area contributed by atoms with Gasteiger partial charge in [0, 0.05) is 25.0 Å². The monoisotopic (exact) mass is 627 g/mol. The number of aliphatic hydroxyl groups is 1. The summed E-state index contributed by atoms with van der Waals surface area (Å²) in [6, 6.07) is 6.77. The molecule has 0 saturated heterocycles. The second kappa shape index (κ2) is 14.9. The first kappa shape index (κ1) is 35.5. The van der Waals surface area contributed by atoms with Crippen LogP contribution in [0.2, 0.25) is 0 Å². The first-order chi connectivity index (χ1) is 21.1. The van der Waals surface area contributed by atoms with Gasteiger partial charge in [0.2, 0.25) is 11.8 Å². The minimum Gasteiger partial charge on any atom is -0.479 e. The summed E-state index contributed by atoms with van der Waals surface area (Å²) in [7, 11) is 0. The Hall–Kier alpha value is -3.93. The summed E-state index contributed by atoms with van der Waals surface area (Å²) < 4.78 is 5.40. The van der Waals surface area contributed by atoms with Crippen LogP contribution in [0.5, 0.6) is 0 Å². The van der Waals surface area contributed by atoms with Crippen LogP contribution < -0.4 is 16.0 Å². The van der Waals surface area contributed by atoms with Crippen molar-refractivity contribution < 1.29 is 34.1 Å². The minimum absolute atomic E-state index is 0.0331. The van der Waals surface area contributed by atoms with Gasteiger partial charge >= 0.3 is 12.1 Å². The van der Waals surface area contributed by atoms with Crippen LogP contribution in [0.4, 0.5) is 4.79 Å². The molecule has 3 amide bonds. The van der Waals surface area contributed by atoms with Crippen molar-refractivity contribution in [1.29, 1.82) is 0 Å². The molecule has 1 aromatic heterocycles. The van der Waals surface area contributed by atoms with Gasteiger partial charge in [-0.3, -0.25) is 9.59 Å². The third kappa shape index (κ3) is 9.06. The molecule has 1 unspecified atom stereocenters. The van der Waals surface area contributed by atoms with E-state index in [4.69, 9.17) is 4.74 Å². The van der Waals surface area contributed by atoms with Crippen LogP contribution in [0.25, 0.3) is 0 Å². The highest BCUT2D eigenvalue weighted by Gasteiger charge is 2.60. The number of carbonyl (C=O) groups excluding carboxylic acids is 3. The van der Waals surface area contributed by atoms with Crippen molar-refractivity contribution in [3.8, 4) is 0 Å². The maximum atomic E-state index is 14.1. The van der Waals surface area contributed by atoms with E-state index in [0.29, 0.717) is 18.5 Å². The number of alkyl carbamates (subject to hydrolysis) is 1. The molecule has 4 atom stereocenters. The fraction of sp³-hybridized carbons (Fsp3) is 0.606. The van der Waals surface area contributed by atoms with Gasteiger partial charge in [0.05, 0.1) is 17.6 Å². The van der Waals surface area contributed by atoms with Crippen LogP contribution in [0.15, 0.2) is 42.9 Å². The summed E-state index contributed by atoms with van der Waals surface area (Å²) in [4.78, 5) is 60.5. The van der Waals surface area contributed by atoms with Crippen molar-refractivity contribution >= 4 is 23.9 Å². The number of aromatic amines is 1. The molecule has 45 heavy (non-hydrogen) atoms. The maximum absolute atomic E-state index is 14.1. The van der Waals surface area contributed by atoms with Gasteiger partial charge in [-0.2, -0.15) is 0 Å². The Bertz CT molecular complexity index is 1290. The highest BCUT2D eigenvalue weighted by atomic mass is 16.6. The number of carbonyl (C=O) groups is 4. The van der Waals surface area contributed by atoms with E-state index in [2.05, 4.69) is 25.9 Å². The van der Waals surface area contributed by atoms with Gasteiger partial charge in [0.1, 0.15) is 17.7 Å². The minimum atomic E-state index is -2.26. The van der Waals surface area contributed by atoms with E-state index < -0.39 is 64.5 Å². The van der Waals surface area contributed by atoms with Crippen molar-refractivity contribution in [1.82, 2.24) is 25.9 Å². The molecule has 1 heterocycles. The molecule has 0 bridgehead atoms. The van der Waals surface area contributed by atoms with Crippen molar-refractivity contribution in [2.75, 3.05) is 0 Å². The Kier molecular flexibility index (Phi) is 11.8. The molecule has 1 aliphatic carbocycles. The molecule has 1 saturated carbocycles. The molecule has 0 aliphatic heterocycles. The highest BCUT2D eigenvalue weighted by Crippen LogP contribution is 2.42. The lowest BCUT2D eigenvalue weighted by atomic mass is 9.63. The zero-order valence-electron chi connectivity index (χ0n) is 27.2. The van der Waals surface area contributed by atoms with E-state index in [1.165, 1.54) is 6.33 Å². The van der Waals surface area contributed by atoms with E-state index in [1.54, 1.807) is 47.7 Å². The summed E-state index contributed by atoms with van der Waals surface area (Å²) in [6.07, 6.45) is 5.89. The smallest absolute Gasteiger partial charge is 0.408 e. The fourth-order valence-electron chi connectivity index (χ4n) is 5.97. The van der Waals surface area contributed by atoms with Crippen molar-refractivity contribution in [2.45, 2.75) is 115 Å². The third-order valence-electron chi connectivity index (χ3n) is 8.74. The largest absolute Gasteiger partial charge is 0.479 e. The number of imidazole rings is 1. The first-order valence-corrected chi connectivity index (χ1v) is 15.7. The molecule has 0 spiro atoms. The quantitative estimate of drug-likeness (QED) is 0.195. The van der Waals surface area contributed by atoms with E-state index in [9.17, 15) is 29.4 Å². The molecule has 6 N–H and O–H groups in total. The van der Waals surface area contributed by atoms with Crippen LogP contribution in [-0.4, -0.2) is 72.9 Å². The van der Waals surface area contributed by atoms with E-state index >= 15 is 0 Å². The number of aromatic nitrogens is 2. The van der Waals surface area contributed by atoms with Gasteiger partial charge in [0.25, 0.3) is 0 Å². The average molecular weight is 628 g/mol. The number of nitrogens with one attached hydrogen (secondary N) is 4. The molecule has 12 heteroatoms. The number of rotatable bonds is 13. The second-order valence-electron chi connectivity index (χ2n) is 13.5. The SMILES string of the molecule is CC(C)[C@](C)(NC(=O)[C@H](Cc1c[nH]cn1)NC(=O)[C@H](Cc1ccccc1)NC(=O)OC(C)(C)C)C(O)(C(=O)O)C1CCCCC1. The summed E-state index contributed by atoms with van der Waals surface area (Å²) in [5.74, 6) is -3.79. The number of amides is 3. The molecule has 248 valence electrons.